The van der Waals surface area contributed by atoms with Gasteiger partial charge >= 0.3 is 5.97 Å². The maximum Gasteiger partial charge on any atom is 0.336 e. The third-order valence-electron chi connectivity index (χ3n) is 3.03. The number of aliphatic carboxylic acids is 1. The average Bonchev–Trinajstić information content (AvgIpc) is 2.46. The number of nitrogen functional groups attached to an aromatic ring is 1. The molecule has 0 atom stereocenters. The van der Waals surface area contributed by atoms with E-state index in [1.807, 2.05) is 38.1 Å². The van der Waals surface area contributed by atoms with Crippen molar-refractivity contribution in [1.29, 1.82) is 0 Å². The van der Waals surface area contributed by atoms with Gasteiger partial charge in [-0.3, -0.25) is 0 Å². The lowest BCUT2D eigenvalue weighted by Gasteiger charge is -2.13. The predicted molar refractivity (Wildman–Crippen MR) is 88.6 cm³/mol. The number of ether oxygens (including phenoxy) is 1. The van der Waals surface area contributed by atoms with Crippen LogP contribution >= 0.6 is 0 Å². The second-order valence-corrected chi connectivity index (χ2v) is 5.19. The molecule has 2 aromatic rings. The molecule has 0 saturated carbocycles. The van der Waals surface area contributed by atoms with Crippen molar-refractivity contribution in [2.45, 2.75) is 20.0 Å². The monoisotopic (exact) mass is 297 g/mol. The van der Waals surface area contributed by atoms with Crippen molar-refractivity contribution in [2.24, 2.45) is 0 Å². The van der Waals surface area contributed by atoms with E-state index in [4.69, 9.17) is 10.5 Å². The second-order valence-electron chi connectivity index (χ2n) is 5.19. The summed E-state index contributed by atoms with van der Waals surface area (Å²) in [5.74, 6) is -0.337. The first-order valence-corrected chi connectivity index (χ1v) is 7.04. The van der Waals surface area contributed by atoms with Crippen molar-refractivity contribution in [3.63, 3.8) is 0 Å². The Morgan fingerprint density at radius 3 is 2.36 bits per heavy atom. The summed E-state index contributed by atoms with van der Waals surface area (Å²) in [6.07, 6.45) is 1.63. The molecule has 2 aromatic carbocycles. The summed E-state index contributed by atoms with van der Waals surface area (Å²) < 4.78 is 5.72. The van der Waals surface area contributed by atoms with Crippen LogP contribution in [0.2, 0.25) is 0 Å². The quantitative estimate of drug-likeness (QED) is 0.501. The number of rotatable bonds is 5. The van der Waals surface area contributed by atoms with Gasteiger partial charge in [-0.15, -0.1) is 0 Å². The smallest absolute Gasteiger partial charge is 0.336 e. The molecule has 0 saturated heterocycles. The fourth-order valence-corrected chi connectivity index (χ4v) is 2.05. The van der Waals surface area contributed by atoms with Crippen LogP contribution in [-0.2, 0) is 4.79 Å². The van der Waals surface area contributed by atoms with Crippen LogP contribution in [0, 0.1) is 0 Å². The third-order valence-corrected chi connectivity index (χ3v) is 3.03. The maximum absolute atomic E-state index is 11.6. The van der Waals surface area contributed by atoms with E-state index in [9.17, 15) is 9.90 Å². The molecule has 22 heavy (non-hydrogen) atoms. The van der Waals surface area contributed by atoms with Crippen LogP contribution in [0.25, 0.3) is 11.6 Å². The van der Waals surface area contributed by atoms with Crippen molar-refractivity contribution < 1.29 is 14.6 Å². The highest BCUT2D eigenvalue weighted by Gasteiger charge is 2.12. The van der Waals surface area contributed by atoms with Gasteiger partial charge in [0.25, 0.3) is 0 Å². The number of nitrogens with two attached hydrogens (primary N) is 1. The van der Waals surface area contributed by atoms with Gasteiger partial charge in [-0.25, -0.2) is 4.79 Å². The number of hydrogen-bond acceptors (Lipinski definition) is 3. The summed E-state index contributed by atoms with van der Waals surface area (Å²) in [5, 5.41) is 9.49. The van der Waals surface area contributed by atoms with Crippen LogP contribution in [0.3, 0.4) is 0 Å². The Morgan fingerprint density at radius 1 is 1.14 bits per heavy atom. The minimum absolute atomic E-state index is 0.0133. The fourth-order valence-electron chi connectivity index (χ4n) is 2.05. The van der Waals surface area contributed by atoms with E-state index in [-0.39, 0.29) is 11.7 Å². The Labute approximate surface area is 129 Å². The van der Waals surface area contributed by atoms with Gasteiger partial charge in [-0.1, -0.05) is 30.3 Å². The third kappa shape index (κ3) is 3.88. The highest BCUT2D eigenvalue weighted by atomic mass is 16.5. The maximum atomic E-state index is 11.6. The van der Waals surface area contributed by atoms with Crippen LogP contribution in [-0.4, -0.2) is 17.2 Å². The number of carboxylic acid groups (broad SMARTS) is 1. The molecule has 4 nitrogen and oxygen atoms in total. The van der Waals surface area contributed by atoms with Gasteiger partial charge in [-0.05, 0) is 43.7 Å². The molecule has 4 heteroatoms. The summed E-state index contributed by atoms with van der Waals surface area (Å²) >= 11 is 0. The van der Waals surface area contributed by atoms with Crippen LogP contribution in [0.1, 0.15) is 25.0 Å². The molecule has 114 valence electrons. The van der Waals surface area contributed by atoms with E-state index in [0.29, 0.717) is 17.0 Å². The van der Waals surface area contributed by atoms with E-state index >= 15 is 0 Å². The zero-order valence-corrected chi connectivity index (χ0v) is 12.6. The SMILES string of the molecule is CC(C)Oc1ccccc1/C=C(\C(=O)O)c1ccc(N)cc1. The molecule has 0 bridgehead atoms. The number of carbonyl (C=O) groups is 1. The molecule has 0 unspecified atom stereocenters. The van der Waals surface area contributed by atoms with Gasteiger partial charge in [0.15, 0.2) is 0 Å². The second kappa shape index (κ2) is 6.80. The normalized spacial score (nSPS) is 11.5. The summed E-state index contributed by atoms with van der Waals surface area (Å²) in [6.45, 7) is 3.86. The van der Waals surface area contributed by atoms with Gasteiger partial charge < -0.3 is 15.6 Å². The summed E-state index contributed by atoms with van der Waals surface area (Å²) in [4.78, 5) is 11.6. The summed E-state index contributed by atoms with van der Waals surface area (Å²) in [7, 11) is 0. The topological polar surface area (TPSA) is 72.5 Å². The first-order chi connectivity index (χ1) is 10.5. The molecule has 0 spiro atoms. The zero-order chi connectivity index (χ0) is 16.1. The van der Waals surface area contributed by atoms with E-state index in [0.717, 1.165) is 5.56 Å². The standard InChI is InChI=1S/C18H19NO3/c1-12(2)22-17-6-4-3-5-14(17)11-16(18(20)21)13-7-9-15(19)10-8-13/h3-12H,19H2,1-2H3,(H,20,21)/b16-11-. The molecule has 0 fully saturated rings. The van der Waals surface area contributed by atoms with Crippen molar-refractivity contribution in [2.75, 3.05) is 5.73 Å². The van der Waals surface area contributed by atoms with Crippen molar-refractivity contribution in [3.8, 4) is 5.75 Å². The zero-order valence-electron chi connectivity index (χ0n) is 12.6. The Bertz CT molecular complexity index is 688. The Kier molecular flexibility index (Phi) is 4.84. The number of anilines is 1. The predicted octanol–water partition coefficient (Wildman–Crippen LogP) is 3.68. The summed E-state index contributed by atoms with van der Waals surface area (Å²) in [5.41, 5.74) is 7.76. The van der Waals surface area contributed by atoms with Crippen molar-refractivity contribution in [1.82, 2.24) is 0 Å². The van der Waals surface area contributed by atoms with Crippen molar-refractivity contribution in [3.05, 3.63) is 59.7 Å². The first kappa shape index (κ1) is 15.6. The van der Waals surface area contributed by atoms with Gasteiger partial charge in [0, 0.05) is 11.3 Å². The van der Waals surface area contributed by atoms with Gasteiger partial charge in [0.2, 0.25) is 0 Å². The molecule has 0 aliphatic carbocycles. The Hall–Kier alpha value is -2.75. The molecule has 0 aliphatic heterocycles. The molecule has 0 aliphatic rings. The lowest BCUT2D eigenvalue weighted by atomic mass is 10.0. The van der Waals surface area contributed by atoms with E-state index in [1.165, 1.54) is 0 Å². The van der Waals surface area contributed by atoms with Crippen LogP contribution in [0.15, 0.2) is 48.5 Å². The lowest BCUT2D eigenvalue weighted by molar-refractivity contribution is -0.130. The number of carboxylic acids is 1. The molecule has 3 N–H and O–H groups in total. The minimum Gasteiger partial charge on any atom is -0.490 e. The molecule has 0 aromatic heterocycles. The molecular formula is C18H19NO3. The molecule has 0 radical (unpaired) electrons. The number of benzene rings is 2. The minimum atomic E-state index is -0.996. The largest absolute Gasteiger partial charge is 0.490 e. The molecular weight excluding hydrogens is 278 g/mol. The van der Waals surface area contributed by atoms with Crippen LogP contribution in [0.4, 0.5) is 5.69 Å². The Morgan fingerprint density at radius 2 is 1.77 bits per heavy atom. The number of para-hydroxylation sites is 1. The number of hydrogen-bond donors (Lipinski definition) is 2. The van der Waals surface area contributed by atoms with E-state index in [2.05, 4.69) is 0 Å². The first-order valence-electron chi connectivity index (χ1n) is 7.04. The average molecular weight is 297 g/mol. The highest BCUT2D eigenvalue weighted by molar-refractivity contribution is 6.20. The lowest BCUT2D eigenvalue weighted by Crippen LogP contribution is -2.07. The molecule has 2 rings (SSSR count). The van der Waals surface area contributed by atoms with Gasteiger partial charge in [-0.2, -0.15) is 0 Å². The highest BCUT2D eigenvalue weighted by Crippen LogP contribution is 2.26. The van der Waals surface area contributed by atoms with E-state index < -0.39 is 5.97 Å². The summed E-state index contributed by atoms with van der Waals surface area (Å²) in [6, 6.07) is 14.1. The van der Waals surface area contributed by atoms with Gasteiger partial charge in [0.05, 0.1) is 11.7 Å². The fraction of sp³-hybridized carbons (Fsp3) is 0.167. The molecule has 0 amide bonds. The van der Waals surface area contributed by atoms with E-state index in [1.54, 1.807) is 30.3 Å². The Balaban J connectivity index is 2.47. The van der Waals surface area contributed by atoms with Crippen LogP contribution in [0.5, 0.6) is 5.75 Å². The molecule has 0 heterocycles. The van der Waals surface area contributed by atoms with Crippen molar-refractivity contribution >= 4 is 23.3 Å². The van der Waals surface area contributed by atoms with Gasteiger partial charge in [0.1, 0.15) is 5.75 Å². The van der Waals surface area contributed by atoms with Crippen LogP contribution < -0.4 is 10.5 Å².